The van der Waals surface area contributed by atoms with E-state index in [1.54, 1.807) is 34.6 Å². The van der Waals surface area contributed by atoms with Crippen molar-refractivity contribution in [3.8, 4) is 0 Å². The van der Waals surface area contributed by atoms with Crippen LogP contribution >= 0.6 is 0 Å². The second-order valence-electron chi connectivity index (χ2n) is 9.21. The molecule has 31 heavy (non-hydrogen) atoms. The van der Waals surface area contributed by atoms with Crippen LogP contribution in [0, 0.1) is 5.92 Å². The molecule has 0 aromatic rings. The molecule has 0 aliphatic carbocycles. The van der Waals surface area contributed by atoms with Crippen molar-refractivity contribution in [3.63, 3.8) is 0 Å². The Morgan fingerprint density at radius 1 is 1.23 bits per heavy atom. The Morgan fingerprint density at radius 2 is 1.81 bits per heavy atom. The highest BCUT2D eigenvalue weighted by Crippen LogP contribution is 2.24. The number of hydrogen-bond donors (Lipinski definition) is 1. The molecule has 1 rings (SSSR count). The van der Waals surface area contributed by atoms with Crippen molar-refractivity contribution in [2.75, 3.05) is 13.6 Å². The average Bonchev–Trinajstić information content (AvgIpc) is 3.07. The molecule has 3 amide bonds. The molecule has 11 heteroatoms. The van der Waals surface area contributed by atoms with Crippen LogP contribution in [0.25, 0.3) is 10.4 Å². The number of nitrogens with one attached hydrogen (secondary N) is 1. The van der Waals surface area contributed by atoms with Gasteiger partial charge in [0.2, 0.25) is 11.8 Å². The van der Waals surface area contributed by atoms with Crippen molar-refractivity contribution < 1.29 is 23.9 Å². The van der Waals surface area contributed by atoms with E-state index in [0.717, 1.165) is 4.90 Å². The number of rotatable bonds is 7. The molecule has 1 aliphatic heterocycles. The summed E-state index contributed by atoms with van der Waals surface area (Å²) in [6.45, 7) is 11.7. The zero-order valence-corrected chi connectivity index (χ0v) is 19.6. The van der Waals surface area contributed by atoms with E-state index in [0.29, 0.717) is 0 Å². The van der Waals surface area contributed by atoms with Crippen molar-refractivity contribution in [1.29, 1.82) is 0 Å². The first-order valence-corrected chi connectivity index (χ1v) is 10.3. The quantitative estimate of drug-likeness (QED) is 0.368. The third-order valence-electron chi connectivity index (χ3n) is 5.12. The largest absolute Gasteiger partial charge is 0.444 e. The van der Waals surface area contributed by atoms with Gasteiger partial charge in [-0.3, -0.25) is 19.3 Å². The molecule has 1 aliphatic rings. The predicted octanol–water partition coefficient (Wildman–Crippen LogP) is 2.25. The molecule has 1 fully saturated rings. The zero-order chi connectivity index (χ0) is 24.1. The number of ketones is 1. The van der Waals surface area contributed by atoms with Crippen LogP contribution in [0.4, 0.5) is 4.79 Å². The monoisotopic (exact) mass is 438 g/mol. The van der Waals surface area contributed by atoms with Gasteiger partial charge in [-0.2, -0.15) is 0 Å². The summed E-state index contributed by atoms with van der Waals surface area (Å²) in [5.41, 5.74) is 7.98. The molecular weight excluding hydrogens is 404 g/mol. The van der Waals surface area contributed by atoms with Gasteiger partial charge in [-0.25, -0.2) is 4.79 Å². The van der Waals surface area contributed by atoms with Gasteiger partial charge in [0.15, 0.2) is 5.78 Å². The van der Waals surface area contributed by atoms with Gasteiger partial charge in [0.05, 0.1) is 12.1 Å². The van der Waals surface area contributed by atoms with Crippen molar-refractivity contribution in [2.45, 2.75) is 84.7 Å². The topological polar surface area (TPSA) is 145 Å². The number of likely N-dealkylation sites (N-methyl/N-ethyl adjacent to an activating group) is 1. The lowest BCUT2D eigenvalue weighted by molar-refractivity contribution is -0.142. The van der Waals surface area contributed by atoms with Gasteiger partial charge in [0.25, 0.3) is 0 Å². The summed E-state index contributed by atoms with van der Waals surface area (Å²) in [6, 6.07) is -3.00. The number of carbonyl (C=O) groups excluding carboxylic acids is 4. The van der Waals surface area contributed by atoms with Crippen LogP contribution in [-0.2, 0) is 19.1 Å². The molecule has 1 N–H and O–H groups in total. The van der Waals surface area contributed by atoms with Crippen molar-refractivity contribution in [2.24, 2.45) is 11.0 Å². The first-order valence-electron chi connectivity index (χ1n) is 10.3. The second kappa shape index (κ2) is 10.5. The molecule has 1 saturated heterocycles. The van der Waals surface area contributed by atoms with E-state index < -0.39 is 47.7 Å². The predicted molar refractivity (Wildman–Crippen MR) is 114 cm³/mol. The lowest BCUT2D eigenvalue weighted by atomic mass is 10.0. The van der Waals surface area contributed by atoms with E-state index in [4.69, 9.17) is 10.3 Å². The number of azide groups is 1. The Bertz CT molecular complexity index is 756. The van der Waals surface area contributed by atoms with Crippen LogP contribution in [-0.4, -0.2) is 76.9 Å². The van der Waals surface area contributed by atoms with Gasteiger partial charge in [0.1, 0.15) is 17.7 Å². The molecule has 0 spiro atoms. The lowest BCUT2D eigenvalue weighted by Crippen LogP contribution is -2.57. The maximum atomic E-state index is 13.2. The lowest BCUT2D eigenvalue weighted by Gasteiger charge is -2.32. The molecular formula is C20H34N6O5. The minimum atomic E-state index is -0.909. The van der Waals surface area contributed by atoms with E-state index in [1.165, 1.54) is 25.8 Å². The van der Waals surface area contributed by atoms with Crippen molar-refractivity contribution >= 4 is 23.7 Å². The number of hydrogen-bond acceptors (Lipinski definition) is 6. The molecule has 11 nitrogen and oxygen atoms in total. The second-order valence-corrected chi connectivity index (χ2v) is 9.21. The summed E-state index contributed by atoms with van der Waals surface area (Å²) >= 11 is 0. The fourth-order valence-corrected chi connectivity index (χ4v) is 3.23. The van der Waals surface area contributed by atoms with Gasteiger partial charge in [0, 0.05) is 18.5 Å². The molecule has 174 valence electrons. The van der Waals surface area contributed by atoms with E-state index >= 15 is 0 Å². The van der Waals surface area contributed by atoms with Crippen LogP contribution in [0.15, 0.2) is 5.11 Å². The highest BCUT2D eigenvalue weighted by atomic mass is 16.6. The van der Waals surface area contributed by atoms with Gasteiger partial charge in [-0.05, 0) is 52.5 Å². The summed E-state index contributed by atoms with van der Waals surface area (Å²) in [5, 5.41) is 6.35. The van der Waals surface area contributed by atoms with Gasteiger partial charge in [-0.15, -0.1) is 0 Å². The van der Waals surface area contributed by atoms with E-state index in [9.17, 15) is 19.2 Å². The zero-order valence-electron chi connectivity index (χ0n) is 19.6. The highest BCUT2D eigenvalue weighted by Gasteiger charge is 2.41. The van der Waals surface area contributed by atoms with E-state index in [1.807, 2.05) is 0 Å². The number of carbonyl (C=O) groups is 4. The SMILES string of the molecule is CC(=O)[C@@H]1C[C@H](N=[N+]=[N-])CN1C(=O)[C@@H](NC(=O)[C@H](C)N(C)C(=O)OC(C)(C)C)C(C)C. The standard InChI is InChI=1S/C20H34N6O5/c1-11(2)16(18(29)26-10-14(23-24-21)9-15(26)13(4)27)22-17(28)12(3)25(8)19(30)31-20(5,6)7/h11-12,14-16H,9-10H2,1-8H3,(H,22,28)/t12-,14-,15-,16-/m0/s1. The van der Waals surface area contributed by atoms with Crippen LogP contribution in [0.3, 0.4) is 0 Å². The number of Topliss-reactive ketones (excluding diaryl/α,β-unsaturated/α-hetero) is 1. The van der Waals surface area contributed by atoms with E-state index in [-0.39, 0.29) is 24.7 Å². The first-order chi connectivity index (χ1) is 14.2. The molecule has 1 heterocycles. The van der Waals surface area contributed by atoms with Crippen LogP contribution in [0.1, 0.15) is 54.9 Å². The van der Waals surface area contributed by atoms with Gasteiger partial charge < -0.3 is 15.0 Å². The molecule has 0 aromatic carbocycles. The summed E-state index contributed by atoms with van der Waals surface area (Å²) in [4.78, 5) is 55.6. The maximum absolute atomic E-state index is 13.2. The third-order valence-corrected chi connectivity index (χ3v) is 5.12. The molecule has 4 atom stereocenters. The Kier molecular flexibility index (Phi) is 8.86. The Hall–Kier alpha value is -2.81. The molecule has 0 unspecified atom stereocenters. The fraction of sp³-hybridized carbons (Fsp3) is 0.800. The number of ether oxygens (including phenoxy) is 1. The third kappa shape index (κ3) is 7.13. The fourth-order valence-electron chi connectivity index (χ4n) is 3.23. The number of likely N-dealkylation sites (tertiary alicyclic amines) is 1. The molecule has 0 aromatic heterocycles. The first kappa shape index (κ1) is 26.2. The number of nitrogens with zero attached hydrogens (tertiary/aromatic N) is 5. The summed E-state index contributed by atoms with van der Waals surface area (Å²) in [6.07, 6.45) is -0.405. The maximum Gasteiger partial charge on any atom is 0.410 e. The van der Waals surface area contributed by atoms with Crippen molar-refractivity contribution in [3.05, 3.63) is 10.4 Å². The highest BCUT2D eigenvalue weighted by molar-refractivity contribution is 5.94. The Balaban J connectivity index is 2.97. The van der Waals surface area contributed by atoms with Gasteiger partial charge >= 0.3 is 6.09 Å². The molecule has 0 saturated carbocycles. The van der Waals surface area contributed by atoms with Crippen LogP contribution in [0.2, 0.25) is 0 Å². The summed E-state index contributed by atoms with van der Waals surface area (Å²) in [7, 11) is 1.45. The van der Waals surface area contributed by atoms with Crippen LogP contribution in [0.5, 0.6) is 0 Å². The van der Waals surface area contributed by atoms with E-state index in [2.05, 4.69) is 15.3 Å². The smallest absolute Gasteiger partial charge is 0.410 e. The normalized spacial score (nSPS) is 20.5. The molecule has 0 radical (unpaired) electrons. The summed E-state index contributed by atoms with van der Waals surface area (Å²) < 4.78 is 5.28. The van der Waals surface area contributed by atoms with Crippen molar-refractivity contribution in [1.82, 2.24) is 15.1 Å². The summed E-state index contributed by atoms with van der Waals surface area (Å²) in [5.74, 6) is -1.44. The van der Waals surface area contributed by atoms with Crippen LogP contribution < -0.4 is 5.32 Å². The molecule has 0 bridgehead atoms. The Morgan fingerprint density at radius 3 is 2.26 bits per heavy atom. The minimum Gasteiger partial charge on any atom is -0.444 e. The average molecular weight is 439 g/mol. The Labute approximate surface area is 183 Å². The number of amides is 3. The van der Waals surface area contributed by atoms with Gasteiger partial charge in [-0.1, -0.05) is 19.0 Å². The minimum absolute atomic E-state index is 0.111.